The van der Waals surface area contributed by atoms with E-state index in [2.05, 4.69) is 63.8 Å². The summed E-state index contributed by atoms with van der Waals surface area (Å²) in [6.45, 7) is 15.0. The molecule has 2 fully saturated rings. The van der Waals surface area contributed by atoms with Gasteiger partial charge < -0.3 is 19.3 Å². The monoisotopic (exact) mass is 427 g/mol. The zero-order chi connectivity index (χ0) is 22.8. The minimum absolute atomic E-state index is 0.270. The molecular weight excluding hydrogens is 389 g/mol. The maximum atomic E-state index is 11.3. The summed E-state index contributed by atoms with van der Waals surface area (Å²) < 4.78 is 12.6. The van der Waals surface area contributed by atoms with Gasteiger partial charge in [-0.1, -0.05) is 43.7 Å². The highest BCUT2D eigenvalue weighted by Crippen LogP contribution is 2.37. The molecule has 0 radical (unpaired) electrons. The molecule has 0 amide bonds. The Kier molecular flexibility index (Phi) is 7.34. The van der Waals surface area contributed by atoms with Crippen molar-refractivity contribution in [2.45, 2.75) is 78.4 Å². The van der Waals surface area contributed by atoms with Crippen LogP contribution >= 0.6 is 0 Å². The van der Waals surface area contributed by atoms with Crippen LogP contribution in [0.5, 0.6) is 0 Å². The second-order valence-corrected chi connectivity index (χ2v) is 9.90. The van der Waals surface area contributed by atoms with Gasteiger partial charge in [0.05, 0.1) is 17.1 Å². The van der Waals surface area contributed by atoms with E-state index in [-0.39, 0.29) is 24.2 Å². The maximum Gasteiger partial charge on any atom is 0.495 e. The highest BCUT2D eigenvalue weighted by Gasteiger charge is 2.52. The van der Waals surface area contributed by atoms with Gasteiger partial charge in [-0.05, 0) is 70.0 Å². The summed E-state index contributed by atoms with van der Waals surface area (Å²) in [5.74, 6) is -0.954. The molecule has 1 N–H and O–H groups in total. The smallest absolute Gasteiger partial charge is 0.481 e. The van der Waals surface area contributed by atoms with E-state index in [1.807, 2.05) is 6.92 Å². The standard InChI is InChI=1S/C25H38BNO4/c1-7-19(23(28)29)17-27-14-12-18(13-15-27)16-20-10-9-11-22(21(20)8-2)26-30-24(3,4)25(5,6)31-26/h9-11,16,19H,7-8,12-15,17H2,1-6H3,(H,28,29). The molecule has 0 bridgehead atoms. The highest BCUT2D eigenvalue weighted by atomic mass is 16.7. The van der Waals surface area contributed by atoms with Gasteiger partial charge in [-0.15, -0.1) is 0 Å². The van der Waals surface area contributed by atoms with Crippen molar-refractivity contribution in [3.63, 3.8) is 0 Å². The number of carboxylic acid groups (broad SMARTS) is 1. The Morgan fingerprint density at radius 1 is 1.16 bits per heavy atom. The molecule has 2 saturated heterocycles. The van der Waals surface area contributed by atoms with E-state index in [4.69, 9.17) is 9.31 Å². The number of nitrogens with zero attached hydrogens (tertiary/aromatic N) is 1. The van der Waals surface area contributed by atoms with Crippen LogP contribution in [0.15, 0.2) is 23.8 Å². The molecule has 5 nitrogen and oxygen atoms in total. The molecule has 1 aromatic carbocycles. The number of hydrogen-bond acceptors (Lipinski definition) is 4. The van der Waals surface area contributed by atoms with Gasteiger partial charge in [0.15, 0.2) is 0 Å². The largest absolute Gasteiger partial charge is 0.495 e. The summed E-state index contributed by atoms with van der Waals surface area (Å²) in [5.41, 5.74) is 4.38. The van der Waals surface area contributed by atoms with Crippen LogP contribution in [0.4, 0.5) is 0 Å². The van der Waals surface area contributed by atoms with Gasteiger partial charge in [0.1, 0.15) is 0 Å². The molecule has 31 heavy (non-hydrogen) atoms. The number of aliphatic carboxylic acids is 1. The summed E-state index contributed by atoms with van der Waals surface area (Å²) in [6, 6.07) is 6.41. The Hall–Kier alpha value is -1.63. The Morgan fingerprint density at radius 3 is 2.29 bits per heavy atom. The van der Waals surface area contributed by atoms with Crippen molar-refractivity contribution >= 4 is 24.6 Å². The minimum atomic E-state index is -0.684. The molecule has 0 saturated carbocycles. The maximum absolute atomic E-state index is 11.3. The number of rotatable bonds is 7. The van der Waals surface area contributed by atoms with Crippen molar-refractivity contribution in [2.24, 2.45) is 5.92 Å². The number of piperidine rings is 1. The zero-order valence-electron chi connectivity index (χ0n) is 20.0. The summed E-state index contributed by atoms with van der Waals surface area (Å²) in [7, 11) is -0.345. The van der Waals surface area contributed by atoms with Crippen LogP contribution in [-0.2, 0) is 20.5 Å². The zero-order valence-corrected chi connectivity index (χ0v) is 20.0. The predicted octanol–water partition coefficient (Wildman–Crippen LogP) is 4.14. The average molecular weight is 427 g/mol. The van der Waals surface area contributed by atoms with Crippen LogP contribution in [0.25, 0.3) is 6.08 Å². The van der Waals surface area contributed by atoms with E-state index in [9.17, 15) is 9.90 Å². The third kappa shape index (κ3) is 5.24. The molecule has 2 heterocycles. The molecule has 2 aliphatic rings. The van der Waals surface area contributed by atoms with E-state index in [0.717, 1.165) is 37.8 Å². The van der Waals surface area contributed by atoms with Crippen molar-refractivity contribution in [1.82, 2.24) is 4.90 Å². The Bertz CT molecular complexity index is 807. The number of carboxylic acids is 1. The number of benzene rings is 1. The summed E-state index contributed by atoms with van der Waals surface area (Å²) in [6.07, 6.45) is 5.90. The lowest BCUT2D eigenvalue weighted by Crippen LogP contribution is -2.41. The first-order valence-electron chi connectivity index (χ1n) is 11.7. The number of likely N-dealkylation sites (tertiary alicyclic amines) is 1. The lowest BCUT2D eigenvalue weighted by molar-refractivity contribution is -0.142. The van der Waals surface area contributed by atoms with E-state index in [1.54, 1.807) is 0 Å². The summed E-state index contributed by atoms with van der Waals surface area (Å²) >= 11 is 0. The van der Waals surface area contributed by atoms with Crippen LogP contribution in [0.3, 0.4) is 0 Å². The van der Waals surface area contributed by atoms with Crippen LogP contribution in [0.2, 0.25) is 0 Å². The fraction of sp³-hybridized carbons (Fsp3) is 0.640. The van der Waals surface area contributed by atoms with Crippen LogP contribution in [-0.4, -0.2) is 53.9 Å². The molecule has 0 aromatic heterocycles. The Balaban J connectivity index is 1.74. The van der Waals surface area contributed by atoms with E-state index < -0.39 is 5.97 Å². The molecule has 170 valence electrons. The van der Waals surface area contributed by atoms with Crippen LogP contribution in [0.1, 0.15) is 71.9 Å². The van der Waals surface area contributed by atoms with Crippen molar-refractivity contribution in [1.29, 1.82) is 0 Å². The Labute approximate surface area is 187 Å². The minimum Gasteiger partial charge on any atom is -0.481 e. The quantitative estimate of drug-likeness (QED) is 0.663. The van der Waals surface area contributed by atoms with Gasteiger partial charge in [0.25, 0.3) is 0 Å². The van der Waals surface area contributed by atoms with Crippen molar-refractivity contribution in [3.8, 4) is 0 Å². The molecular formula is C25H38BNO4. The summed E-state index contributed by atoms with van der Waals surface area (Å²) in [4.78, 5) is 13.6. The highest BCUT2D eigenvalue weighted by molar-refractivity contribution is 6.62. The fourth-order valence-electron chi connectivity index (χ4n) is 4.44. The molecule has 0 spiro atoms. The second-order valence-electron chi connectivity index (χ2n) is 9.90. The van der Waals surface area contributed by atoms with Crippen molar-refractivity contribution in [2.75, 3.05) is 19.6 Å². The van der Waals surface area contributed by atoms with Crippen LogP contribution < -0.4 is 5.46 Å². The molecule has 1 atom stereocenters. The number of carbonyl (C=O) groups is 1. The molecule has 1 unspecified atom stereocenters. The van der Waals surface area contributed by atoms with Crippen LogP contribution in [0, 0.1) is 5.92 Å². The van der Waals surface area contributed by atoms with Gasteiger partial charge in [-0.3, -0.25) is 4.79 Å². The second kappa shape index (κ2) is 9.47. The lowest BCUT2D eigenvalue weighted by Gasteiger charge is -2.32. The fourth-order valence-corrected chi connectivity index (χ4v) is 4.44. The van der Waals surface area contributed by atoms with E-state index in [1.165, 1.54) is 16.7 Å². The lowest BCUT2D eigenvalue weighted by atomic mass is 9.74. The SMILES string of the molecule is CCc1c(C=C2CCN(CC(CC)C(=O)O)CC2)cccc1B1OC(C)(C)C(C)(C)O1. The molecule has 6 heteroatoms. The Morgan fingerprint density at radius 2 is 1.77 bits per heavy atom. The molecule has 1 aromatic rings. The van der Waals surface area contributed by atoms with Gasteiger partial charge in [0.2, 0.25) is 0 Å². The first-order chi connectivity index (χ1) is 14.6. The van der Waals surface area contributed by atoms with Gasteiger partial charge >= 0.3 is 13.1 Å². The van der Waals surface area contributed by atoms with Gasteiger partial charge in [0, 0.05) is 19.6 Å². The third-order valence-electron chi connectivity index (χ3n) is 7.29. The van der Waals surface area contributed by atoms with Crippen molar-refractivity contribution < 1.29 is 19.2 Å². The van der Waals surface area contributed by atoms with Gasteiger partial charge in [-0.2, -0.15) is 0 Å². The van der Waals surface area contributed by atoms with Gasteiger partial charge in [-0.25, -0.2) is 0 Å². The first-order valence-corrected chi connectivity index (χ1v) is 11.7. The molecule has 3 rings (SSSR count). The summed E-state index contributed by atoms with van der Waals surface area (Å²) in [5, 5.41) is 9.33. The van der Waals surface area contributed by atoms with E-state index >= 15 is 0 Å². The number of hydrogen-bond donors (Lipinski definition) is 1. The topological polar surface area (TPSA) is 59.0 Å². The van der Waals surface area contributed by atoms with E-state index in [0.29, 0.717) is 13.0 Å². The van der Waals surface area contributed by atoms with Crippen molar-refractivity contribution in [3.05, 3.63) is 34.9 Å². The first kappa shape index (κ1) is 24.0. The normalized spacial score (nSPS) is 21.9. The average Bonchev–Trinajstić information content (AvgIpc) is 2.94. The predicted molar refractivity (Wildman–Crippen MR) is 127 cm³/mol. The molecule has 2 aliphatic heterocycles. The molecule has 0 aliphatic carbocycles. The third-order valence-corrected chi connectivity index (χ3v) is 7.29.